The van der Waals surface area contributed by atoms with Crippen LogP contribution in [0.2, 0.25) is 0 Å². The third-order valence-corrected chi connectivity index (χ3v) is 2.59. The molecular weight excluding hydrogens is 234 g/mol. The summed E-state index contributed by atoms with van der Waals surface area (Å²) in [6, 6.07) is 7.14. The van der Waals surface area contributed by atoms with Gasteiger partial charge in [0, 0.05) is 0 Å². The van der Waals surface area contributed by atoms with E-state index in [0.717, 1.165) is 0 Å². The van der Waals surface area contributed by atoms with E-state index in [1.165, 1.54) is 4.57 Å². The van der Waals surface area contributed by atoms with Crippen LogP contribution < -0.4 is 5.76 Å². The van der Waals surface area contributed by atoms with Gasteiger partial charge in [-0.05, 0) is 26.0 Å². The Kier molecular flexibility index (Phi) is 3.84. The number of aromatic nitrogens is 1. The fraction of sp³-hybridized carbons (Fsp3) is 0.462. The second-order valence-electron chi connectivity index (χ2n) is 4.48. The summed E-state index contributed by atoms with van der Waals surface area (Å²) in [5.41, 5.74) is 1.21. The Morgan fingerprint density at radius 2 is 2.11 bits per heavy atom. The highest BCUT2D eigenvalue weighted by molar-refractivity contribution is 5.72. The number of aliphatic hydroxyl groups is 1. The molecule has 0 aliphatic rings. The van der Waals surface area contributed by atoms with Crippen molar-refractivity contribution in [1.29, 1.82) is 0 Å². The van der Waals surface area contributed by atoms with Crippen molar-refractivity contribution in [2.24, 2.45) is 0 Å². The first-order valence-electron chi connectivity index (χ1n) is 5.96. The van der Waals surface area contributed by atoms with Gasteiger partial charge in [-0.2, -0.15) is 0 Å². The zero-order valence-corrected chi connectivity index (χ0v) is 10.5. The van der Waals surface area contributed by atoms with Gasteiger partial charge in [-0.3, -0.25) is 4.57 Å². The van der Waals surface area contributed by atoms with E-state index in [1.54, 1.807) is 18.2 Å². The van der Waals surface area contributed by atoms with Crippen molar-refractivity contribution in [3.63, 3.8) is 0 Å². The molecule has 2 aromatic rings. The molecule has 0 spiro atoms. The number of para-hydroxylation sites is 2. The van der Waals surface area contributed by atoms with Crippen LogP contribution >= 0.6 is 0 Å². The first-order chi connectivity index (χ1) is 8.58. The summed E-state index contributed by atoms with van der Waals surface area (Å²) in [6.07, 6.45) is -0.677. The highest BCUT2D eigenvalue weighted by Gasteiger charge is 2.13. The maximum Gasteiger partial charge on any atom is 0.420 e. The van der Waals surface area contributed by atoms with Gasteiger partial charge in [0.2, 0.25) is 0 Å². The Morgan fingerprint density at radius 3 is 2.83 bits per heavy atom. The molecule has 18 heavy (non-hydrogen) atoms. The number of oxazole rings is 1. The summed E-state index contributed by atoms with van der Waals surface area (Å²) in [7, 11) is 0. The fourth-order valence-corrected chi connectivity index (χ4v) is 1.75. The quantitative estimate of drug-likeness (QED) is 0.872. The van der Waals surface area contributed by atoms with E-state index in [9.17, 15) is 9.90 Å². The van der Waals surface area contributed by atoms with Gasteiger partial charge in [0.15, 0.2) is 5.58 Å². The molecule has 1 N–H and O–H groups in total. The molecule has 1 atom stereocenters. The minimum atomic E-state index is -0.730. The number of ether oxygens (including phenoxy) is 1. The van der Waals surface area contributed by atoms with Gasteiger partial charge >= 0.3 is 5.76 Å². The van der Waals surface area contributed by atoms with Crippen molar-refractivity contribution >= 4 is 11.1 Å². The SMILES string of the molecule is CC(C)OCC(O)Cn1c(=O)oc2ccccc21. The summed E-state index contributed by atoms with van der Waals surface area (Å²) in [5.74, 6) is -0.459. The number of hydrogen-bond donors (Lipinski definition) is 1. The smallest absolute Gasteiger partial charge is 0.408 e. The molecule has 0 aliphatic carbocycles. The number of benzene rings is 1. The van der Waals surface area contributed by atoms with E-state index in [2.05, 4.69) is 0 Å². The van der Waals surface area contributed by atoms with Crippen molar-refractivity contribution < 1.29 is 14.3 Å². The van der Waals surface area contributed by atoms with E-state index in [-0.39, 0.29) is 19.3 Å². The number of hydrogen-bond acceptors (Lipinski definition) is 4. The molecule has 0 fully saturated rings. The topological polar surface area (TPSA) is 64.6 Å². The lowest BCUT2D eigenvalue weighted by atomic mass is 10.3. The Labute approximate surface area is 105 Å². The molecule has 5 heteroatoms. The second-order valence-corrected chi connectivity index (χ2v) is 4.48. The zero-order valence-electron chi connectivity index (χ0n) is 10.5. The molecule has 0 saturated carbocycles. The van der Waals surface area contributed by atoms with Crippen LogP contribution in [0.15, 0.2) is 33.5 Å². The Bertz CT molecular complexity index is 570. The molecule has 1 aromatic heterocycles. The van der Waals surface area contributed by atoms with Gasteiger partial charge in [0.25, 0.3) is 0 Å². The van der Waals surface area contributed by atoms with Crippen LogP contribution in [-0.2, 0) is 11.3 Å². The molecule has 1 unspecified atom stereocenters. The van der Waals surface area contributed by atoms with Crippen LogP contribution in [0.25, 0.3) is 11.1 Å². The van der Waals surface area contributed by atoms with Crippen molar-refractivity contribution in [3.05, 3.63) is 34.8 Å². The molecule has 0 amide bonds. The van der Waals surface area contributed by atoms with Crippen molar-refractivity contribution in [3.8, 4) is 0 Å². The number of aliphatic hydroxyl groups excluding tert-OH is 1. The first-order valence-corrected chi connectivity index (χ1v) is 5.96. The van der Waals surface area contributed by atoms with Crippen molar-refractivity contribution in [2.45, 2.75) is 32.6 Å². The standard InChI is InChI=1S/C13H17NO4/c1-9(2)17-8-10(15)7-14-11-5-3-4-6-12(11)18-13(14)16/h3-6,9-10,15H,7-8H2,1-2H3. The molecule has 0 bridgehead atoms. The first kappa shape index (κ1) is 12.9. The molecule has 0 radical (unpaired) electrons. The monoisotopic (exact) mass is 251 g/mol. The molecule has 2 rings (SSSR count). The highest BCUT2D eigenvalue weighted by atomic mass is 16.5. The Balaban J connectivity index is 2.16. The highest BCUT2D eigenvalue weighted by Crippen LogP contribution is 2.12. The van der Waals surface area contributed by atoms with Gasteiger partial charge < -0.3 is 14.3 Å². The van der Waals surface area contributed by atoms with Gasteiger partial charge in [-0.25, -0.2) is 4.79 Å². The summed E-state index contributed by atoms with van der Waals surface area (Å²) < 4.78 is 11.8. The fourth-order valence-electron chi connectivity index (χ4n) is 1.75. The van der Waals surface area contributed by atoms with Crippen LogP contribution in [0.1, 0.15) is 13.8 Å². The second kappa shape index (κ2) is 5.37. The Morgan fingerprint density at radius 1 is 1.39 bits per heavy atom. The molecule has 1 aromatic carbocycles. The van der Waals surface area contributed by atoms with E-state index in [4.69, 9.17) is 9.15 Å². The summed E-state index contributed by atoms with van der Waals surface area (Å²) in [5, 5.41) is 9.83. The van der Waals surface area contributed by atoms with Crippen LogP contribution in [0.4, 0.5) is 0 Å². The van der Waals surface area contributed by atoms with E-state index in [1.807, 2.05) is 19.9 Å². The summed E-state index contributed by atoms with van der Waals surface area (Å²) >= 11 is 0. The molecule has 98 valence electrons. The number of fused-ring (bicyclic) bond motifs is 1. The van der Waals surface area contributed by atoms with E-state index in [0.29, 0.717) is 11.1 Å². The van der Waals surface area contributed by atoms with Crippen LogP contribution in [0.3, 0.4) is 0 Å². The minimum Gasteiger partial charge on any atom is -0.408 e. The maximum atomic E-state index is 11.7. The molecule has 5 nitrogen and oxygen atoms in total. The lowest BCUT2D eigenvalue weighted by Gasteiger charge is -2.13. The van der Waals surface area contributed by atoms with Crippen LogP contribution in [0, 0.1) is 0 Å². The van der Waals surface area contributed by atoms with E-state index < -0.39 is 11.9 Å². The third-order valence-electron chi connectivity index (χ3n) is 2.59. The van der Waals surface area contributed by atoms with Crippen molar-refractivity contribution in [1.82, 2.24) is 4.57 Å². The average molecular weight is 251 g/mol. The summed E-state index contributed by atoms with van der Waals surface area (Å²) in [6.45, 7) is 4.16. The molecule has 1 heterocycles. The number of nitrogens with zero attached hydrogens (tertiary/aromatic N) is 1. The average Bonchev–Trinajstić information content (AvgIpc) is 2.64. The molecular formula is C13H17NO4. The lowest BCUT2D eigenvalue weighted by Crippen LogP contribution is -2.28. The predicted octanol–water partition coefficient (Wildman–Crippen LogP) is 1.38. The minimum absolute atomic E-state index is 0.0532. The normalized spacial score (nSPS) is 13.3. The van der Waals surface area contributed by atoms with Crippen molar-refractivity contribution in [2.75, 3.05) is 6.61 Å². The molecule has 0 saturated heterocycles. The predicted molar refractivity (Wildman–Crippen MR) is 67.6 cm³/mol. The van der Waals surface area contributed by atoms with Gasteiger partial charge in [0.1, 0.15) is 0 Å². The molecule has 0 aliphatic heterocycles. The number of rotatable bonds is 5. The summed E-state index contributed by atoms with van der Waals surface area (Å²) in [4.78, 5) is 11.7. The van der Waals surface area contributed by atoms with Crippen LogP contribution in [0.5, 0.6) is 0 Å². The third kappa shape index (κ3) is 2.80. The van der Waals surface area contributed by atoms with Gasteiger partial charge in [-0.1, -0.05) is 12.1 Å². The van der Waals surface area contributed by atoms with Gasteiger partial charge in [0.05, 0.1) is 30.9 Å². The van der Waals surface area contributed by atoms with E-state index >= 15 is 0 Å². The van der Waals surface area contributed by atoms with Gasteiger partial charge in [-0.15, -0.1) is 0 Å². The largest absolute Gasteiger partial charge is 0.420 e. The zero-order chi connectivity index (χ0) is 13.1. The van der Waals surface area contributed by atoms with Crippen LogP contribution in [-0.4, -0.2) is 28.5 Å². The Hall–Kier alpha value is -1.59. The maximum absolute atomic E-state index is 11.7. The lowest BCUT2D eigenvalue weighted by molar-refractivity contribution is -0.000941.